The fourth-order valence-corrected chi connectivity index (χ4v) is 2.65. The molecule has 0 aliphatic heterocycles. The highest BCUT2D eigenvalue weighted by atomic mass is 79.9. The number of carbonyl (C=O) groups is 1. The van der Waals surface area contributed by atoms with Gasteiger partial charge in [0.05, 0.1) is 5.56 Å². The summed E-state index contributed by atoms with van der Waals surface area (Å²) < 4.78 is 0.562. The molecule has 0 radical (unpaired) electrons. The average Bonchev–Trinajstić information content (AvgIpc) is 2.44. The topological polar surface area (TPSA) is 33.2 Å². The molecule has 1 heterocycles. The van der Waals surface area contributed by atoms with E-state index in [9.17, 15) is 4.79 Å². The molecule has 1 aromatic heterocycles. The molecule has 0 spiro atoms. The van der Waals surface area contributed by atoms with E-state index in [0.29, 0.717) is 21.7 Å². The molecular formula is C16H16BrClN2O. The van der Waals surface area contributed by atoms with Gasteiger partial charge in [-0.15, -0.1) is 0 Å². The predicted molar refractivity (Wildman–Crippen MR) is 88.4 cm³/mol. The van der Waals surface area contributed by atoms with Crippen LogP contribution in [0.4, 0.5) is 0 Å². The fourth-order valence-electron chi connectivity index (χ4n) is 2.02. The van der Waals surface area contributed by atoms with Crippen LogP contribution >= 0.6 is 27.5 Å². The molecule has 0 aliphatic rings. The van der Waals surface area contributed by atoms with Crippen LogP contribution in [0.25, 0.3) is 0 Å². The summed E-state index contributed by atoms with van der Waals surface area (Å²) in [7, 11) is 0. The van der Waals surface area contributed by atoms with Crippen molar-refractivity contribution in [2.75, 3.05) is 0 Å². The molecule has 1 aromatic carbocycles. The van der Waals surface area contributed by atoms with Gasteiger partial charge >= 0.3 is 0 Å². The van der Waals surface area contributed by atoms with Gasteiger partial charge in [-0.2, -0.15) is 0 Å². The number of nitrogens with zero attached hydrogens (tertiary/aromatic N) is 2. The number of carbonyl (C=O) groups excluding carboxylic acids is 1. The molecule has 0 saturated heterocycles. The summed E-state index contributed by atoms with van der Waals surface area (Å²) in [6.07, 6.45) is 1.65. The first-order valence-corrected chi connectivity index (χ1v) is 7.82. The molecule has 110 valence electrons. The van der Waals surface area contributed by atoms with Crippen molar-refractivity contribution in [1.82, 2.24) is 9.88 Å². The Hall–Kier alpha value is -1.39. The SMILES string of the molecule is CC(C)N(Cc1cccc(Cl)c1)C(=O)c1cccnc1Br. The first-order valence-electron chi connectivity index (χ1n) is 6.65. The summed E-state index contributed by atoms with van der Waals surface area (Å²) in [5, 5.41) is 0.672. The average molecular weight is 368 g/mol. The Morgan fingerprint density at radius 1 is 1.33 bits per heavy atom. The maximum absolute atomic E-state index is 12.7. The maximum Gasteiger partial charge on any atom is 0.257 e. The molecule has 0 fully saturated rings. The van der Waals surface area contributed by atoms with Crippen LogP contribution in [0.1, 0.15) is 29.8 Å². The Balaban J connectivity index is 2.27. The number of benzene rings is 1. The Labute approximate surface area is 138 Å². The van der Waals surface area contributed by atoms with Crippen LogP contribution in [0.3, 0.4) is 0 Å². The molecule has 0 bridgehead atoms. The largest absolute Gasteiger partial charge is 0.332 e. The number of pyridine rings is 1. The van der Waals surface area contributed by atoms with Gasteiger partial charge in [0.25, 0.3) is 5.91 Å². The normalized spacial score (nSPS) is 10.7. The Morgan fingerprint density at radius 3 is 2.71 bits per heavy atom. The first kappa shape index (κ1) is 16.0. The van der Waals surface area contributed by atoms with E-state index in [1.165, 1.54) is 0 Å². The van der Waals surface area contributed by atoms with Crippen LogP contribution in [0.2, 0.25) is 5.02 Å². The van der Waals surface area contributed by atoms with Gasteiger partial charge in [0.15, 0.2) is 0 Å². The van der Waals surface area contributed by atoms with Crippen LogP contribution in [-0.2, 0) is 6.54 Å². The number of hydrogen-bond donors (Lipinski definition) is 0. The third-order valence-electron chi connectivity index (χ3n) is 3.12. The second kappa shape index (κ2) is 7.05. The molecule has 0 N–H and O–H groups in total. The zero-order valence-electron chi connectivity index (χ0n) is 11.9. The highest BCUT2D eigenvalue weighted by Crippen LogP contribution is 2.20. The summed E-state index contributed by atoms with van der Waals surface area (Å²) in [4.78, 5) is 18.6. The van der Waals surface area contributed by atoms with E-state index in [2.05, 4.69) is 20.9 Å². The van der Waals surface area contributed by atoms with Crippen LogP contribution in [0, 0.1) is 0 Å². The number of hydrogen-bond acceptors (Lipinski definition) is 2. The van der Waals surface area contributed by atoms with E-state index in [1.54, 1.807) is 23.2 Å². The number of rotatable bonds is 4. The van der Waals surface area contributed by atoms with Gasteiger partial charge < -0.3 is 4.90 Å². The third kappa shape index (κ3) is 4.05. The standard InChI is InChI=1S/C16H16BrClN2O/c1-11(2)20(10-12-5-3-6-13(18)9-12)16(21)14-7-4-8-19-15(14)17/h3-9,11H,10H2,1-2H3. The van der Waals surface area contributed by atoms with Crippen molar-refractivity contribution in [1.29, 1.82) is 0 Å². The minimum atomic E-state index is -0.0510. The minimum Gasteiger partial charge on any atom is -0.332 e. The first-order chi connectivity index (χ1) is 9.99. The monoisotopic (exact) mass is 366 g/mol. The smallest absolute Gasteiger partial charge is 0.257 e. The van der Waals surface area contributed by atoms with Gasteiger partial charge in [0, 0.05) is 23.8 Å². The van der Waals surface area contributed by atoms with E-state index in [0.717, 1.165) is 5.56 Å². The summed E-state index contributed by atoms with van der Waals surface area (Å²) in [6.45, 7) is 4.50. The predicted octanol–water partition coefficient (Wildman–Crippen LogP) is 4.55. The van der Waals surface area contributed by atoms with Crippen molar-refractivity contribution < 1.29 is 4.79 Å². The highest BCUT2D eigenvalue weighted by Gasteiger charge is 2.21. The van der Waals surface area contributed by atoms with Crippen LogP contribution in [0.5, 0.6) is 0 Å². The Kier molecular flexibility index (Phi) is 5.37. The quantitative estimate of drug-likeness (QED) is 0.743. The van der Waals surface area contributed by atoms with E-state index < -0.39 is 0 Å². The van der Waals surface area contributed by atoms with E-state index in [-0.39, 0.29) is 11.9 Å². The lowest BCUT2D eigenvalue weighted by molar-refractivity contribution is 0.0689. The molecular weight excluding hydrogens is 352 g/mol. The number of amides is 1. The third-order valence-corrected chi connectivity index (χ3v) is 3.98. The number of aromatic nitrogens is 1. The lowest BCUT2D eigenvalue weighted by atomic mass is 10.1. The van der Waals surface area contributed by atoms with Crippen molar-refractivity contribution in [2.24, 2.45) is 0 Å². The molecule has 1 amide bonds. The summed E-state index contributed by atoms with van der Waals surface area (Å²) in [5.74, 6) is -0.0510. The van der Waals surface area contributed by atoms with Crippen molar-refractivity contribution in [3.63, 3.8) is 0 Å². The molecule has 2 aromatic rings. The van der Waals surface area contributed by atoms with Crippen molar-refractivity contribution >= 4 is 33.4 Å². The second-order valence-corrected chi connectivity index (χ2v) is 6.19. The zero-order valence-corrected chi connectivity index (χ0v) is 14.2. The molecule has 0 aliphatic carbocycles. The van der Waals surface area contributed by atoms with Gasteiger partial charge in [-0.25, -0.2) is 4.98 Å². The van der Waals surface area contributed by atoms with E-state index >= 15 is 0 Å². The summed E-state index contributed by atoms with van der Waals surface area (Å²) in [5.41, 5.74) is 1.57. The zero-order chi connectivity index (χ0) is 15.4. The Morgan fingerprint density at radius 2 is 2.10 bits per heavy atom. The van der Waals surface area contributed by atoms with Gasteiger partial charge in [-0.05, 0) is 59.6 Å². The number of halogens is 2. The van der Waals surface area contributed by atoms with Crippen LogP contribution in [-0.4, -0.2) is 21.8 Å². The molecule has 5 heteroatoms. The Bertz CT molecular complexity index is 646. The van der Waals surface area contributed by atoms with Crippen molar-refractivity contribution in [3.8, 4) is 0 Å². The maximum atomic E-state index is 12.7. The minimum absolute atomic E-state index is 0.0510. The lowest BCUT2D eigenvalue weighted by Gasteiger charge is -2.27. The summed E-state index contributed by atoms with van der Waals surface area (Å²) >= 11 is 9.34. The van der Waals surface area contributed by atoms with E-state index in [4.69, 9.17) is 11.6 Å². The van der Waals surface area contributed by atoms with Crippen molar-refractivity contribution in [3.05, 3.63) is 63.3 Å². The van der Waals surface area contributed by atoms with Gasteiger partial charge in [0.1, 0.15) is 4.60 Å². The van der Waals surface area contributed by atoms with Gasteiger partial charge in [-0.3, -0.25) is 4.79 Å². The fraction of sp³-hybridized carbons (Fsp3) is 0.250. The molecule has 0 saturated carbocycles. The summed E-state index contributed by atoms with van der Waals surface area (Å²) in [6, 6.07) is 11.2. The molecule has 2 rings (SSSR count). The van der Waals surface area contributed by atoms with Gasteiger partial charge in [-0.1, -0.05) is 23.7 Å². The molecule has 0 atom stereocenters. The lowest BCUT2D eigenvalue weighted by Crippen LogP contribution is -2.36. The van der Waals surface area contributed by atoms with Crippen LogP contribution < -0.4 is 0 Å². The highest BCUT2D eigenvalue weighted by molar-refractivity contribution is 9.10. The van der Waals surface area contributed by atoms with Gasteiger partial charge in [0.2, 0.25) is 0 Å². The van der Waals surface area contributed by atoms with E-state index in [1.807, 2.05) is 38.1 Å². The van der Waals surface area contributed by atoms with Crippen molar-refractivity contribution in [2.45, 2.75) is 26.4 Å². The molecule has 21 heavy (non-hydrogen) atoms. The molecule has 3 nitrogen and oxygen atoms in total. The second-order valence-electron chi connectivity index (χ2n) is 5.00. The van der Waals surface area contributed by atoms with Crippen LogP contribution in [0.15, 0.2) is 47.2 Å². The molecule has 0 unspecified atom stereocenters.